The topological polar surface area (TPSA) is 56.7 Å². The smallest absolute Gasteiger partial charge is 0.356 e. The van der Waals surface area contributed by atoms with Crippen molar-refractivity contribution in [2.45, 2.75) is 38.5 Å². The third-order valence-corrected chi connectivity index (χ3v) is 3.95. The van der Waals surface area contributed by atoms with Crippen molar-refractivity contribution >= 4 is 11.9 Å². The molecule has 0 unspecified atom stereocenters. The van der Waals surface area contributed by atoms with Crippen LogP contribution in [0.4, 0.5) is 13.2 Å². The molecule has 2 N–H and O–H groups in total. The van der Waals surface area contributed by atoms with Crippen LogP contribution in [0.25, 0.3) is 0 Å². The Morgan fingerprint density at radius 2 is 1.88 bits per heavy atom. The summed E-state index contributed by atoms with van der Waals surface area (Å²) in [4.78, 5) is 17.4. The van der Waals surface area contributed by atoms with Crippen LogP contribution in [-0.4, -0.2) is 43.1 Å². The van der Waals surface area contributed by atoms with Gasteiger partial charge in [0.1, 0.15) is 0 Å². The van der Waals surface area contributed by atoms with Crippen molar-refractivity contribution in [1.29, 1.82) is 0 Å². The molecule has 0 spiro atoms. The maximum Gasteiger partial charge on any atom is 0.390 e. The van der Waals surface area contributed by atoms with Crippen molar-refractivity contribution in [2.24, 2.45) is 4.99 Å². The van der Waals surface area contributed by atoms with Crippen molar-refractivity contribution in [1.82, 2.24) is 15.5 Å². The lowest BCUT2D eigenvalue weighted by molar-refractivity contribution is -0.133. The number of hydrogen-bond acceptors (Lipinski definition) is 2. The molecule has 1 aliphatic rings. The van der Waals surface area contributed by atoms with E-state index in [9.17, 15) is 18.0 Å². The van der Waals surface area contributed by atoms with E-state index in [1.807, 2.05) is 29.2 Å². The molecular formula is C17H23F3N4O. The monoisotopic (exact) mass is 356 g/mol. The highest BCUT2D eigenvalue weighted by Gasteiger charge is 2.26. The van der Waals surface area contributed by atoms with E-state index in [4.69, 9.17) is 0 Å². The molecule has 1 aromatic rings. The second kappa shape index (κ2) is 8.73. The predicted octanol–water partition coefficient (Wildman–Crippen LogP) is 2.43. The lowest BCUT2D eigenvalue weighted by Crippen LogP contribution is -2.38. The van der Waals surface area contributed by atoms with Crippen LogP contribution in [0.5, 0.6) is 0 Å². The van der Waals surface area contributed by atoms with Crippen LogP contribution in [-0.2, 0) is 17.9 Å². The van der Waals surface area contributed by atoms with Gasteiger partial charge in [-0.15, -0.1) is 0 Å². The molecule has 2 rings (SSSR count). The minimum Gasteiger partial charge on any atom is -0.356 e. The zero-order chi connectivity index (χ0) is 18.3. The first-order chi connectivity index (χ1) is 11.9. The molecule has 0 aliphatic carbocycles. The summed E-state index contributed by atoms with van der Waals surface area (Å²) >= 11 is 0. The number of likely N-dealkylation sites (tertiary alicyclic amines) is 1. The number of carbonyl (C=O) groups excluding carboxylic acids is 1. The van der Waals surface area contributed by atoms with Gasteiger partial charge in [0, 0.05) is 39.6 Å². The molecule has 1 amide bonds. The van der Waals surface area contributed by atoms with E-state index in [1.165, 1.54) is 7.05 Å². The molecule has 1 saturated heterocycles. The first kappa shape index (κ1) is 19.1. The quantitative estimate of drug-likeness (QED) is 0.608. The number of nitrogens with one attached hydrogen (secondary N) is 2. The summed E-state index contributed by atoms with van der Waals surface area (Å²) < 4.78 is 36.4. The molecule has 1 heterocycles. The molecule has 0 bridgehead atoms. The average molecular weight is 356 g/mol. The Bertz CT molecular complexity index is 599. The largest absolute Gasteiger partial charge is 0.390 e. The maximum atomic E-state index is 12.1. The number of amides is 1. The Labute approximate surface area is 145 Å². The van der Waals surface area contributed by atoms with Crippen LogP contribution in [0.3, 0.4) is 0 Å². The SMILES string of the molecule is CN=C(NCCC(F)(F)F)NCc1ccc(CN2CCCC2=O)cc1. The summed E-state index contributed by atoms with van der Waals surface area (Å²) in [5.74, 6) is 0.524. The number of rotatable bonds is 6. The van der Waals surface area contributed by atoms with Gasteiger partial charge in [-0.1, -0.05) is 24.3 Å². The zero-order valence-corrected chi connectivity index (χ0v) is 14.2. The molecule has 1 fully saturated rings. The molecule has 0 saturated carbocycles. The second-order valence-electron chi connectivity index (χ2n) is 5.95. The van der Waals surface area contributed by atoms with Gasteiger partial charge in [0.05, 0.1) is 6.42 Å². The third kappa shape index (κ3) is 6.64. The third-order valence-electron chi connectivity index (χ3n) is 3.95. The number of carbonyl (C=O) groups is 1. The highest BCUT2D eigenvalue weighted by Crippen LogP contribution is 2.18. The summed E-state index contributed by atoms with van der Waals surface area (Å²) in [6, 6.07) is 7.79. The number of halogens is 3. The lowest BCUT2D eigenvalue weighted by atomic mass is 10.1. The minimum atomic E-state index is -4.18. The van der Waals surface area contributed by atoms with Crippen molar-refractivity contribution in [3.05, 3.63) is 35.4 Å². The van der Waals surface area contributed by atoms with Crippen LogP contribution in [0, 0.1) is 0 Å². The number of benzene rings is 1. The standard InChI is InChI=1S/C17H23F3N4O/c1-21-16(22-9-8-17(18,19)20)23-11-13-4-6-14(7-5-13)12-24-10-2-3-15(24)25/h4-7H,2-3,8-12H2,1H3,(H2,21,22,23). The van der Waals surface area contributed by atoms with Gasteiger partial charge < -0.3 is 15.5 Å². The van der Waals surface area contributed by atoms with Crippen LogP contribution in [0.1, 0.15) is 30.4 Å². The number of nitrogens with zero attached hydrogens (tertiary/aromatic N) is 2. The number of alkyl halides is 3. The fraction of sp³-hybridized carbons (Fsp3) is 0.529. The van der Waals surface area contributed by atoms with E-state index in [1.54, 1.807) is 0 Å². The highest BCUT2D eigenvalue weighted by atomic mass is 19.4. The van der Waals surface area contributed by atoms with E-state index < -0.39 is 12.6 Å². The molecule has 1 aliphatic heterocycles. The van der Waals surface area contributed by atoms with E-state index in [-0.39, 0.29) is 12.5 Å². The molecule has 25 heavy (non-hydrogen) atoms. The van der Waals surface area contributed by atoms with Gasteiger partial charge in [-0.3, -0.25) is 9.79 Å². The number of aliphatic imine (C=N–C) groups is 1. The first-order valence-electron chi connectivity index (χ1n) is 8.24. The van der Waals surface area contributed by atoms with Gasteiger partial charge in [0.15, 0.2) is 5.96 Å². The normalized spacial score (nSPS) is 15.6. The van der Waals surface area contributed by atoms with Crippen molar-refractivity contribution in [3.63, 3.8) is 0 Å². The van der Waals surface area contributed by atoms with E-state index >= 15 is 0 Å². The molecule has 0 aromatic heterocycles. The Kier molecular flexibility index (Phi) is 6.66. The molecule has 1 aromatic carbocycles. The second-order valence-corrected chi connectivity index (χ2v) is 5.95. The van der Waals surface area contributed by atoms with Gasteiger partial charge >= 0.3 is 6.18 Å². The molecular weight excluding hydrogens is 333 g/mol. The molecule has 5 nitrogen and oxygen atoms in total. The van der Waals surface area contributed by atoms with Gasteiger partial charge in [-0.05, 0) is 17.5 Å². The lowest BCUT2D eigenvalue weighted by Gasteiger charge is -2.16. The Morgan fingerprint density at radius 3 is 2.44 bits per heavy atom. The molecule has 138 valence electrons. The van der Waals surface area contributed by atoms with E-state index in [0.29, 0.717) is 25.5 Å². The summed E-state index contributed by atoms with van der Waals surface area (Å²) in [6.45, 7) is 1.66. The summed E-state index contributed by atoms with van der Waals surface area (Å²) in [6.07, 6.45) is -3.54. The van der Waals surface area contributed by atoms with Crippen LogP contribution in [0.2, 0.25) is 0 Å². The van der Waals surface area contributed by atoms with E-state index in [2.05, 4.69) is 15.6 Å². The number of hydrogen-bond donors (Lipinski definition) is 2. The predicted molar refractivity (Wildman–Crippen MR) is 90.0 cm³/mol. The molecule has 0 atom stereocenters. The zero-order valence-electron chi connectivity index (χ0n) is 14.2. The summed E-state index contributed by atoms with van der Waals surface area (Å²) in [5.41, 5.74) is 2.04. The minimum absolute atomic E-state index is 0.194. The van der Waals surface area contributed by atoms with Crippen LogP contribution < -0.4 is 10.6 Å². The summed E-state index contributed by atoms with van der Waals surface area (Å²) in [7, 11) is 1.51. The van der Waals surface area contributed by atoms with Crippen molar-refractivity contribution in [3.8, 4) is 0 Å². The molecule has 8 heteroatoms. The Morgan fingerprint density at radius 1 is 1.20 bits per heavy atom. The van der Waals surface area contributed by atoms with E-state index in [0.717, 1.165) is 24.1 Å². The van der Waals surface area contributed by atoms with Gasteiger partial charge in [-0.25, -0.2) is 0 Å². The van der Waals surface area contributed by atoms with Crippen molar-refractivity contribution in [2.75, 3.05) is 20.1 Å². The van der Waals surface area contributed by atoms with Crippen LogP contribution in [0.15, 0.2) is 29.3 Å². The van der Waals surface area contributed by atoms with Gasteiger partial charge in [0.25, 0.3) is 0 Å². The fourth-order valence-corrected chi connectivity index (χ4v) is 2.58. The maximum absolute atomic E-state index is 12.1. The van der Waals surface area contributed by atoms with Crippen molar-refractivity contribution < 1.29 is 18.0 Å². The average Bonchev–Trinajstić information content (AvgIpc) is 2.96. The molecule has 0 radical (unpaired) electrons. The number of guanidine groups is 1. The highest BCUT2D eigenvalue weighted by molar-refractivity contribution is 5.79. The van der Waals surface area contributed by atoms with Gasteiger partial charge in [-0.2, -0.15) is 13.2 Å². The first-order valence-corrected chi connectivity index (χ1v) is 8.24. The van der Waals surface area contributed by atoms with Crippen LogP contribution >= 0.6 is 0 Å². The van der Waals surface area contributed by atoms with Gasteiger partial charge in [0.2, 0.25) is 5.91 Å². The Hall–Kier alpha value is -2.25. The Balaban J connectivity index is 1.77. The fourth-order valence-electron chi connectivity index (χ4n) is 2.58. The summed E-state index contributed by atoms with van der Waals surface area (Å²) in [5, 5.41) is 5.61.